The number of halogens is 1. The Balaban J connectivity index is 1.51. The van der Waals surface area contributed by atoms with Gasteiger partial charge in [-0.05, 0) is 49.1 Å². The number of hydrogen-bond acceptors (Lipinski definition) is 5. The Hall–Kier alpha value is -2.25. The van der Waals surface area contributed by atoms with Gasteiger partial charge in [-0.25, -0.2) is 9.78 Å². The molecule has 150 valence electrons. The molecular formula is C20H27ClN6O. The third-order valence-electron chi connectivity index (χ3n) is 5.22. The number of aromatic nitrogens is 2. The minimum Gasteiger partial charge on any atom is -0.331 e. The molecule has 3 heterocycles. The molecule has 1 atom stereocenters. The fourth-order valence-corrected chi connectivity index (χ4v) is 3.68. The predicted octanol–water partition coefficient (Wildman–Crippen LogP) is 3.00. The Morgan fingerprint density at radius 1 is 1.39 bits per heavy atom. The van der Waals surface area contributed by atoms with Gasteiger partial charge in [0.1, 0.15) is 5.15 Å². The Morgan fingerprint density at radius 2 is 2.14 bits per heavy atom. The van der Waals surface area contributed by atoms with Crippen LogP contribution in [0.3, 0.4) is 0 Å². The number of carbonyl (C=O) groups is 1. The molecule has 1 aliphatic rings. The van der Waals surface area contributed by atoms with Crippen LogP contribution in [-0.2, 0) is 0 Å². The maximum Gasteiger partial charge on any atom is 0.319 e. The highest BCUT2D eigenvalue weighted by Crippen LogP contribution is 2.20. The summed E-state index contributed by atoms with van der Waals surface area (Å²) in [6.45, 7) is 3.17. The topological polar surface area (TPSA) is 85.2 Å². The van der Waals surface area contributed by atoms with E-state index in [1.54, 1.807) is 31.3 Å². The molecule has 2 aromatic heterocycles. The second-order valence-corrected chi connectivity index (χ2v) is 7.87. The molecule has 3 rings (SSSR count). The molecule has 2 amide bonds. The summed E-state index contributed by atoms with van der Waals surface area (Å²) in [5.74, 6) is 0.487. The van der Waals surface area contributed by atoms with Gasteiger partial charge in [0.15, 0.2) is 0 Å². The Morgan fingerprint density at radius 3 is 2.82 bits per heavy atom. The number of likely N-dealkylation sites (tertiary alicyclic amines) is 1. The van der Waals surface area contributed by atoms with E-state index in [2.05, 4.69) is 15.3 Å². The van der Waals surface area contributed by atoms with Crippen LogP contribution in [-0.4, -0.2) is 72.3 Å². The number of fused-ring (bicyclic) bond motifs is 1. The molecule has 2 aromatic rings. The summed E-state index contributed by atoms with van der Waals surface area (Å²) in [5.41, 5.74) is 2.50. The maximum atomic E-state index is 12.0. The van der Waals surface area contributed by atoms with Gasteiger partial charge in [0.25, 0.3) is 0 Å². The van der Waals surface area contributed by atoms with E-state index < -0.39 is 0 Å². The highest BCUT2D eigenvalue weighted by Gasteiger charge is 2.23. The fraction of sp³-hybridized carbons (Fsp3) is 0.500. The van der Waals surface area contributed by atoms with Gasteiger partial charge in [-0.3, -0.25) is 4.98 Å². The molecular weight excluding hydrogens is 376 g/mol. The van der Waals surface area contributed by atoms with E-state index in [1.165, 1.54) is 6.21 Å². The standard InChI is InChI=1S/C20H27ClN6O/c1-26(2)20(28)27-7-5-14(6-8-27)11-23-12-16(10-22)15-9-18-17(24-13-15)3-4-19(21)25-18/h3-4,9-10,13-14,16,22-23H,5-8,11-12H2,1-2H3. The monoisotopic (exact) mass is 402 g/mol. The zero-order valence-corrected chi connectivity index (χ0v) is 17.1. The smallest absolute Gasteiger partial charge is 0.319 e. The molecule has 1 fully saturated rings. The van der Waals surface area contributed by atoms with Crippen molar-refractivity contribution in [1.29, 1.82) is 5.41 Å². The highest BCUT2D eigenvalue weighted by atomic mass is 35.5. The second-order valence-electron chi connectivity index (χ2n) is 7.48. The van der Waals surface area contributed by atoms with Crippen molar-refractivity contribution in [3.05, 3.63) is 35.1 Å². The van der Waals surface area contributed by atoms with Crippen LogP contribution in [0.15, 0.2) is 24.4 Å². The van der Waals surface area contributed by atoms with Crippen LogP contribution in [0.25, 0.3) is 11.0 Å². The lowest BCUT2D eigenvalue weighted by Gasteiger charge is -2.33. The van der Waals surface area contributed by atoms with Gasteiger partial charge in [0.2, 0.25) is 0 Å². The first kappa shape index (κ1) is 20.5. The highest BCUT2D eigenvalue weighted by molar-refractivity contribution is 6.29. The number of amides is 2. The molecule has 0 aromatic carbocycles. The normalized spacial score (nSPS) is 16.2. The van der Waals surface area contributed by atoms with E-state index in [0.29, 0.717) is 17.6 Å². The lowest BCUT2D eigenvalue weighted by Crippen LogP contribution is -2.45. The number of hydrogen-bond donors (Lipinski definition) is 2. The molecule has 0 bridgehead atoms. The van der Waals surface area contributed by atoms with Crippen molar-refractivity contribution in [1.82, 2.24) is 25.1 Å². The van der Waals surface area contributed by atoms with E-state index >= 15 is 0 Å². The van der Waals surface area contributed by atoms with Crippen molar-refractivity contribution in [3.8, 4) is 0 Å². The Bertz CT molecular complexity index is 835. The molecule has 1 aliphatic heterocycles. The number of urea groups is 1. The SMILES string of the molecule is CN(C)C(=O)N1CCC(CNCC(C=N)c2cnc3ccc(Cl)nc3c2)CC1. The lowest BCUT2D eigenvalue weighted by molar-refractivity contribution is 0.147. The van der Waals surface area contributed by atoms with E-state index in [-0.39, 0.29) is 11.9 Å². The van der Waals surface area contributed by atoms with Gasteiger partial charge < -0.3 is 20.5 Å². The quantitative estimate of drug-likeness (QED) is 0.574. The number of carbonyl (C=O) groups excluding carboxylic acids is 1. The average Bonchev–Trinajstić information content (AvgIpc) is 2.70. The third-order valence-corrected chi connectivity index (χ3v) is 5.43. The van der Waals surface area contributed by atoms with Crippen molar-refractivity contribution < 1.29 is 4.79 Å². The van der Waals surface area contributed by atoms with Crippen LogP contribution in [0.2, 0.25) is 5.15 Å². The summed E-state index contributed by atoms with van der Waals surface area (Å²) in [4.78, 5) is 24.3. The predicted molar refractivity (Wildman–Crippen MR) is 112 cm³/mol. The molecule has 0 spiro atoms. The largest absolute Gasteiger partial charge is 0.331 e. The van der Waals surface area contributed by atoms with Gasteiger partial charge >= 0.3 is 6.03 Å². The molecule has 8 heteroatoms. The van der Waals surface area contributed by atoms with Crippen LogP contribution in [0, 0.1) is 11.3 Å². The molecule has 2 N–H and O–H groups in total. The fourth-order valence-electron chi connectivity index (χ4n) is 3.53. The Kier molecular flexibility index (Phi) is 6.80. The van der Waals surface area contributed by atoms with Crippen molar-refractivity contribution in [2.75, 3.05) is 40.3 Å². The van der Waals surface area contributed by atoms with Crippen molar-refractivity contribution in [3.63, 3.8) is 0 Å². The maximum absolute atomic E-state index is 12.0. The second kappa shape index (κ2) is 9.30. The van der Waals surface area contributed by atoms with Crippen molar-refractivity contribution in [2.24, 2.45) is 5.92 Å². The Labute approximate surface area is 170 Å². The minimum absolute atomic E-state index is 0.0620. The van der Waals surface area contributed by atoms with Crippen LogP contribution >= 0.6 is 11.6 Å². The van der Waals surface area contributed by atoms with Gasteiger partial charge in [-0.15, -0.1) is 0 Å². The van der Waals surface area contributed by atoms with Crippen LogP contribution < -0.4 is 5.32 Å². The molecule has 1 unspecified atom stereocenters. The summed E-state index contributed by atoms with van der Waals surface area (Å²) in [6.07, 6.45) is 5.25. The number of piperidine rings is 1. The van der Waals surface area contributed by atoms with Crippen molar-refractivity contribution in [2.45, 2.75) is 18.8 Å². The van der Waals surface area contributed by atoms with E-state index in [4.69, 9.17) is 17.0 Å². The lowest BCUT2D eigenvalue weighted by atomic mass is 9.96. The number of pyridine rings is 2. The summed E-state index contributed by atoms with van der Waals surface area (Å²) >= 11 is 5.98. The summed E-state index contributed by atoms with van der Waals surface area (Å²) < 4.78 is 0. The number of nitrogens with one attached hydrogen (secondary N) is 2. The zero-order chi connectivity index (χ0) is 20.1. The van der Waals surface area contributed by atoms with Gasteiger partial charge in [0, 0.05) is 52.1 Å². The average molecular weight is 403 g/mol. The third kappa shape index (κ3) is 4.97. The first-order chi connectivity index (χ1) is 13.5. The summed E-state index contributed by atoms with van der Waals surface area (Å²) in [5, 5.41) is 11.7. The van der Waals surface area contributed by atoms with Crippen LogP contribution in [0.5, 0.6) is 0 Å². The van der Waals surface area contributed by atoms with Crippen molar-refractivity contribution >= 4 is 34.9 Å². The summed E-state index contributed by atoms with van der Waals surface area (Å²) in [6, 6.07) is 5.62. The van der Waals surface area contributed by atoms with Gasteiger partial charge in [-0.1, -0.05) is 11.6 Å². The molecule has 1 saturated heterocycles. The first-order valence-corrected chi connectivity index (χ1v) is 9.95. The molecule has 0 saturated carbocycles. The minimum atomic E-state index is -0.0620. The first-order valence-electron chi connectivity index (χ1n) is 9.57. The van der Waals surface area contributed by atoms with Crippen LogP contribution in [0.4, 0.5) is 4.79 Å². The van der Waals surface area contributed by atoms with E-state index in [1.807, 2.05) is 17.0 Å². The molecule has 0 aliphatic carbocycles. The summed E-state index contributed by atoms with van der Waals surface area (Å²) in [7, 11) is 3.58. The van der Waals surface area contributed by atoms with Gasteiger partial charge in [-0.2, -0.15) is 0 Å². The zero-order valence-electron chi connectivity index (χ0n) is 16.4. The molecule has 0 radical (unpaired) electrons. The number of nitrogens with zero attached hydrogens (tertiary/aromatic N) is 4. The van der Waals surface area contributed by atoms with Gasteiger partial charge in [0.05, 0.1) is 11.0 Å². The molecule has 28 heavy (non-hydrogen) atoms. The number of rotatable bonds is 6. The molecule has 7 nitrogen and oxygen atoms in total. The van der Waals surface area contributed by atoms with Crippen LogP contribution in [0.1, 0.15) is 24.3 Å². The van der Waals surface area contributed by atoms with E-state index in [0.717, 1.165) is 49.1 Å². The van der Waals surface area contributed by atoms with E-state index in [9.17, 15) is 4.79 Å².